The highest BCUT2D eigenvalue weighted by molar-refractivity contribution is 6.29. The average Bonchev–Trinajstić information content (AvgIpc) is 1.99. The van der Waals surface area contributed by atoms with Crippen LogP contribution in [0.2, 0.25) is 5.15 Å². The van der Waals surface area contributed by atoms with Gasteiger partial charge in [-0.25, -0.2) is 4.98 Å². The Kier molecular flexibility index (Phi) is 3.93. The molecule has 1 rings (SSSR count). The van der Waals surface area contributed by atoms with E-state index < -0.39 is 12.7 Å². The molecular weight excluding hydrogens is 229 g/mol. The van der Waals surface area contributed by atoms with Gasteiger partial charge in [-0.2, -0.15) is 13.2 Å². The molecule has 0 N–H and O–H groups in total. The zero-order valence-corrected chi connectivity index (χ0v) is 8.81. The van der Waals surface area contributed by atoms with Gasteiger partial charge in [0.25, 0.3) is 0 Å². The lowest BCUT2D eigenvalue weighted by Crippen LogP contribution is -2.30. The molecule has 1 heterocycles. The minimum absolute atomic E-state index is 0.196. The smallest absolute Gasteiger partial charge is 0.294 e. The summed E-state index contributed by atoms with van der Waals surface area (Å²) in [5.74, 6) is 0. The van der Waals surface area contributed by atoms with Crippen LogP contribution in [-0.2, 0) is 6.54 Å². The Labute approximate surface area is 90.7 Å². The van der Waals surface area contributed by atoms with Crippen LogP contribution in [0.5, 0.6) is 0 Å². The van der Waals surface area contributed by atoms with Gasteiger partial charge in [-0.15, -0.1) is 0 Å². The van der Waals surface area contributed by atoms with E-state index in [1.54, 1.807) is 12.1 Å². The fourth-order valence-corrected chi connectivity index (χ4v) is 1.41. The lowest BCUT2D eigenvalue weighted by Gasteiger charge is -2.18. The quantitative estimate of drug-likeness (QED) is 0.753. The van der Waals surface area contributed by atoms with Gasteiger partial charge in [0, 0.05) is 12.7 Å². The van der Waals surface area contributed by atoms with Crippen LogP contribution in [0, 0.1) is 0 Å². The minimum Gasteiger partial charge on any atom is -0.294 e. The Bertz CT molecular complexity index is 327. The molecule has 84 valence electrons. The van der Waals surface area contributed by atoms with Crippen molar-refractivity contribution in [1.82, 2.24) is 9.88 Å². The van der Waals surface area contributed by atoms with Crippen molar-refractivity contribution in [3.8, 4) is 0 Å². The van der Waals surface area contributed by atoms with E-state index >= 15 is 0 Å². The highest BCUT2D eigenvalue weighted by atomic mass is 35.5. The third-order valence-electron chi connectivity index (χ3n) is 1.69. The largest absolute Gasteiger partial charge is 0.401 e. The second-order valence-corrected chi connectivity index (χ2v) is 3.66. The number of aromatic nitrogens is 1. The Balaban J connectivity index is 2.55. The molecule has 6 heteroatoms. The van der Waals surface area contributed by atoms with Gasteiger partial charge in [0.1, 0.15) is 5.15 Å². The Morgan fingerprint density at radius 2 is 2.13 bits per heavy atom. The van der Waals surface area contributed by atoms with Crippen LogP contribution < -0.4 is 0 Å². The van der Waals surface area contributed by atoms with Crippen LogP contribution in [0.15, 0.2) is 18.3 Å². The molecule has 2 nitrogen and oxygen atoms in total. The predicted octanol–water partition coefficient (Wildman–Crippen LogP) is 2.73. The number of halogens is 4. The average molecular weight is 239 g/mol. The van der Waals surface area contributed by atoms with Crippen LogP contribution in [0.4, 0.5) is 13.2 Å². The molecule has 1 aromatic heterocycles. The van der Waals surface area contributed by atoms with Crippen LogP contribution in [0.1, 0.15) is 5.56 Å². The molecule has 0 amide bonds. The van der Waals surface area contributed by atoms with Crippen molar-refractivity contribution in [2.24, 2.45) is 0 Å². The maximum atomic E-state index is 12.0. The molecule has 1 aromatic rings. The van der Waals surface area contributed by atoms with E-state index in [1.165, 1.54) is 18.1 Å². The topological polar surface area (TPSA) is 16.1 Å². The molecule has 0 aliphatic heterocycles. The highest BCUT2D eigenvalue weighted by Crippen LogP contribution is 2.17. The lowest BCUT2D eigenvalue weighted by molar-refractivity contribution is -0.144. The maximum absolute atomic E-state index is 12.0. The predicted molar refractivity (Wildman–Crippen MR) is 51.6 cm³/mol. The van der Waals surface area contributed by atoms with Crippen LogP contribution in [-0.4, -0.2) is 29.7 Å². The summed E-state index contributed by atoms with van der Waals surface area (Å²) in [6.07, 6.45) is -2.70. The molecule has 0 spiro atoms. The third-order valence-corrected chi connectivity index (χ3v) is 1.90. The SMILES string of the molecule is CN(Cc1ccnc(Cl)c1)CC(F)(F)F. The van der Waals surface area contributed by atoms with Crippen molar-refractivity contribution in [2.45, 2.75) is 12.7 Å². The zero-order chi connectivity index (χ0) is 11.5. The Hall–Kier alpha value is -0.810. The Morgan fingerprint density at radius 1 is 1.47 bits per heavy atom. The van der Waals surface area contributed by atoms with Crippen LogP contribution in [0.3, 0.4) is 0 Å². The number of nitrogens with zero attached hydrogens (tertiary/aromatic N) is 2. The first kappa shape index (κ1) is 12.3. The van der Waals surface area contributed by atoms with E-state index in [4.69, 9.17) is 11.6 Å². The molecule has 0 saturated carbocycles. The summed E-state index contributed by atoms with van der Waals surface area (Å²) in [6, 6.07) is 3.19. The van der Waals surface area contributed by atoms with Crippen molar-refractivity contribution in [3.05, 3.63) is 29.0 Å². The lowest BCUT2D eigenvalue weighted by atomic mass is 10.2. The van der Waals surface area contributed by atoms with Crippen molar-refractivity contribution in [2.75, 3.05) is 13.6 Å². The fraction of sp³-hybridized carbons (Fsp3) is 0.444. The minimum atomic E-state index is -4.18. The van der Waals surface area contributed by atoms with Gasteiger partial charge in [0.2, 0.25) is 0 Å². The highest BCUT2D eigenvalue weighted by Gasteiger charge is 2.28. The summed E-state index contributed by atoms with van der Waals surface area (Å²) < 4.78 is 36.0. The monoisotopic (exact) mass is 238 g/mol. The Morgan fingerprint density at radius 3 is 2.67 bits per heavy atom. The van der Waals surface area contributed by atoms with E-state index in [2.05, 4.69) is 4.98 Å². The number of hydrogen-bond acceptors (Lipinski definition) is 2. The number of pyridine rings is 1. The van der Waals surface area contributed by atoms with Gasteiger partial charge >= 0.3 is 6.18 Å². The van der Waals surface area contributed by atoms with Crippen molar-refractivity contribution in [3.63, 3.8) is 0 Å². The van der Waals surface area contributed by atoms with Crippen molar-refractivity contribution in [1.29, 1.82) is 0 Å². The maximum Gasteiger partial charge on any atom is 0.401 e. The molecule has 15 heavy (non-hydrogen) atoms. The normalized spacial score (nSPS) is 12.1. The fourth-order valence-electron chi connectivity index (χ4n) is 1.21. The number of rotatable bonds is 3. The van der Waals surface area contributed by atoms with Gasteiger partial charge in [-0.1, -0.05) is 11.6 Å². The molecule has 0 aliphatic carbocycles. The molecule has 0 atom stereocenters. The summed E-state index contributed by atoms with van der Waals surface area (Å²) in [7, 11) is 1.40. The van der Waals surface area contributed by atoms with Crippen LogP contribution in [0.25, 0.3) is 0 Å². The summed E-state index contributed by atoms with van der Waals surface area (Å²) in [4.78, 5) is 4.92. The molecule has 0 aliphatic rings. The van der Waals surface area contributed by atoms with Gasteiger partial charge in [-0.05, 0) is 24.7 Å². The second-order valence-electron chi connectivity index (χ2n) is 3.27. The first-order valence-electron chi connectivity index (χ1n) is 4.22. The number of hydrogen-bond donors (Lipinski definition) is 0. The molecular formula is C9H10ClF3N2. The van der Waals surface area contributed by atoms with Gasteiger partial charge in [-0.3, -0.25) is 4.90 Å². The molecule has 0 radical (unpaired) electrons. The molecule has 0 unspecified atom stereocenters. The van der Waals surface area contributed by atoms with E-state index in [0.29, 0.717) is 5.56 Å². The summed E-state index contributed by atoms with van der Waals surface area (Å²) in [5, 5.41) is 0.285. The summed E-state index contributed by atoms with van der Waals surface area (Å²) >= 11 is 5.61. The van der Waals surface area contributed by atoms with Crippen molar-refractivity contribution >= 4 is 11.6 Å². The molecule has 0 fully saturated rings. The second kappa shape index (κ2) is 4.81. The molecule has 0 aromatic carbocycles. The van der Waals surface area contributed by atoms with E-state index in [9.17, 15) is 13.2 Å². The van der Waals surface area contributed by atoms with Crippen molar-refractivity contribution < 1.29 is 13.2 Å². The van der Waals surface area contributed by atoms with E-state index in [-0.39, 0.29) is 11.7 Å². The molecule has 0 bridgehead atoms. The van der Waals surface area contributed by atoms with Gasteiger partial charge in [0.05, 0.1) is 6.54 Å². The van der Waals surface area contributed by atoms with Gasteiger partial charge in [0.15, 0.2) is 0 Å². The summed E-state index contributed by atoms with van der Waals surface area (Å²) in [5.41, 5.74) is 0.710. The van der Waals surface area contributed by atoms with E-state index in [1.807, 2.05) is 0 Å². The third kappa shape index (κ3) is 4.99. The van der Waals surface area contributed by atoms with E-state index in [0.717, 1.165) is 0 Å². The summed E-state index contributed by atoms with van der Waals surface area (Å²) in [6.45, 7) is -0.741. The number of alkyl halides is 3. The molecule has 0 saturated heterocycles. The first-order valence-corrected chi connectivity index (χ1v) is 4.60. The zero-order valence-electron chi connectivity index (χ0n) is 8.05. The first-order chi connectivity index (χ1) is 6.87. The van der Waals surface area contributed by atoms with Gasteiger partial charge < -0.3 is 0 Å². The standard InChI is InChI=1S/C9H10ClF3N2/c1-15(6-9(11,12)13)5-7-2-3-14-8(10)4-7/h2-4H,5-6H2,1H3. The van der Waals surface area contributed by atoms with Crippen LogP contribution >= 0.6 is 11.6 Å².